The Kier molecular flexibility index (Phi) is 5.44. The molecule has 2 heterocycles. The molecule has 2 unspecified atom stereocenters. The number of hydrogen-bond donors (Lipinski definition) is 0. The minimum Gasteiger partial charge on any atom is -0.495 e. The Morgan fingerprint density at radius 3 is 2.58 bits per heavy atom. The predicted molar refractivity (Wildman–Crippen MR) is 94.8 cm³/mol. The van der Waals surface area contributed by atoms with Crippen LogP contribution in [0.25, 0.3) is 0 Å². The maximum absolute atomic E-state index is 12.4. The Bertz CT molecular complexity index is 699. The average molecular weight is 360 g/mol. The van der Waals surface area contributed by atoms with E-state index in [2.05, 4.69) is 0 Å². The van der Waals surface area contributed by atoms with Gasteiger partial charge >= 0.3 is 5.97 Å². The van der Waals surface area contributed by atoms with Crippen LogP contribution in [0.2, 0.25) is 0 Å². The molecule has 2 aliphatic heterocycles. The van der Waals surface area contributed by atoms with Gasteiger partial charge in [0.2, 0.25) is 5.91 Å². The van der Waals surface area contributed by atoms with Crippen LogP contribution in [0.3, 0.4) is 0 Å². The fourth-order valence-corrected chi connectivity index (χ4v) is 3.47. The van der Waals surface area contributed by atoms with Gasteiger partial charge in [-0.3, -0.25) is 14.4 Å². The molecule has 0 aromatic heterocycles. The van der Waals surface area contributed by atoms with Crippen LogP contribution in [0.4, 0.5) is 5.69 Å². The largest absolute Gasteiger partial charge is 0.495 e. The van der Waals surface area contributed by atoms with E-state index in [9.17, 15) is 14.4 Å². The molecular weight excluding hydrogens is 336 g/mol. The molecule has 26 heavy (non-hydrogen) atoms. The first-order valence-corrected chi connectivity index (χ1v) is 8.94. The summed E-state index contributed by atoms with van der Waals surface area (Å²) >= 11 is 0. The van der Waals surface area contributed by atoms with Crippen LogP contribution >= 0.6 is 0 Å². The molecule has 1 aromatic rings. The second-order valence-corrected chi connectivity index (χ2v) is 6.69. The van der Waals surface area contributed by atoms with Crippen LogP contribution < -0.4 is 9.64 Å². The predicted octanol–water partition coefficient (Wildman–Crippen LogP) is 1.60. The van der Waals surface area contributed by atoms with Gasteiger partial charge in [0.1, 0.15) is 5.75 Å². The molecule has 2 aliphatic rings. The van der Waals surface area contributed by atoms with Gasteiger partial charge in [-0.05, 0) is 31.9 Å². The average Bonchev–Trinajstić information content (AvgIpc) is 3.30. The van der Waals surface area contributed by atoms with Gasteiger partial charge in [-0.25, -0.2) is 0 Å². The number of carbonyl (C=O) groups excluding carboxylic acids is 3. The summed E-state index contributed by atoms with van der Waals surface area (Å²) in [6, 6.07) is 7.18. The van der Waals surface area contributed by atoms with Gasteiger partial charge in [0, 0.05) is 26.1 Å². The van der Waals surface area contributed by atoms with Crippen molar-refractivity contribution in [3.63, 3.8) is 0 Å². The van der Waals surface area contributed by atoms with E-state index in [4.69, 9.17) is 9.47 Å². The van der Waals surface area contributed by atoms with Gasteiger partial charge in [0.05, 0.1) is 18.7 Å². The van der Waals surface area contributed by atoms with Gasteiger partial charge in [0.25, 0.3) is 5.91 Å². The van der Waals surface area contributed by atoms with E-state index in [1.54, 1.807) is 24.0 Å². The maximum Gasteiger partial charge on any atom is 0.312 e. The molecule has 0 radical (unpaired) electrons. The molecule has 0 bridgehead atoms. The highest BCUT2D eigenvalue weighted by Gasteiger charge is 2.38. The number of hydrogen-bond acceptors (Lipinski definition) is 5. The Balaban J connectivity index is 1.62. The number of esters is 1. The number of nitrogens with zero attached hydrogens (tertiary/aromatic N) is 2. The fraction of sp³-hybridized carbons (Fsp3) is 0.526. The number of para-hydroxylation sites is 2. The molecule has 0 spiro atoms. The van der Waals surface area contributed by atoms with Gasteiger partial charge in [-0.2, -0.15) is 0 Å². The van der Waals surface area contributed by atoms with Crippen molar-refractivity contribution >= 4 is 23.5 Å². The highest BCUT2D eigenvalue weighted by Crippen LogP contribution is 2.33. The lowest BCUT2D eigenvalue weighted by atomic mass is 10.1. The molecule has 0 saturated carbocycles. The Morgan fingerprint density at radius 2 is 1.88 bits per heavy atom. The molecular formula is C19H24N2O5. The van der Waals surface area contributed by atoms with Crippen LogP contribution in [0.1, 0.15) is 26.2 Å². The van der Waals surface area contributed by atoms with Gasteiger partial charge in [-0.15, -0.1) is 0 Å². The number of benzene rings is 1. The summed E-state index contributed by atoms with van der Waals surface area (Å²) in [6.45, 7) is 3.24. The van der Waals surface area contributed by atoms with Crippen LogP contribution in [-0.2, 0) is 19.1 Å². The molecule has 140 valence electrons. The number of rotatable bonds is 5. The lowest BCUT2D eigenvalue weighted by Gasteiger charge is -2.22. The van der Waals surface area contributed by atoms with E-state index < -0.39 is 18.0 Å². The number of methoxy groups -OCH3 is 1. The number of anilines is 1. The Morgan fingerprint density at radius 1 is 1.19 bits per heavy atom. The minimum atomic E-state index is -0.823. The van der Waals surface area contributed by atoms with Crippen LogP contribution in [-0.4, -0.2) is 55.5 Å². The second kappa shape index (κ2) is 7.76. The standard InChI is InChI=1S/C19H24N2O5/c1-13(18(23)20-9-5-6-10-20)26-19(24)14-11-17(22)21(12-14)15-7-3-4-8-16(15)25-2/h3-4,7-8,13-14H,5-6,9-12H2,1-2H3. The first-order valence-electron chi connectivity index (χ1n) is 8.94. The highest BCUT2D eigenvalue weighted by molar-refractivity contribution is 6.00. The Labute approximate surface area is 152 Å². The first-order chi connectivity index (χ1) is 12.5. The third kappa shape index (κ3) is 3.66. The van der Waals surface area contributed by atoms with Gasteiger partial charge in [-0.1, -0.05) is 12.1 Å². The summed E-state index contributed by atoms with van der Waals surface area (Å²) in [7, 11) is 1.54. The summed E-state index contributed by atoms with van der Waals surface area (Å²) in [6.07, 6.45) is 1.21. The number of amides is 2. The van der Waals surface area contributed by atoms with Gasteiger partial charge < -0.3 is 19.3 Å². The summed E-state index contributed by atoms with van der Waals surface area (Å²) in [5.41, 5.74) is 0.636. The van der Waals surface area contributed by atoms with E-state index in [1.165, 1.54) is 12.0 Å². The van der Waals surface area contributed by atoms with Gasteiger partial charge in [0.15, 0.2) is 6.10 Å². The normalized spacial score (nSPS) is 21.0. The minimum absolute atomic E-state index is 0.0709. The van der Waals surface area contributed by atoms with Crippen molar-refractivity contribution in [1.29, 1.82) is 0 Å². The van der Waals surface area contributed by atoms with Crippen molar-refractivity contribution in [3.8, 4) is 5.75 Å². The summed E-state index contributed by atoms with van der Waals surface area (Å²) in [5, 5.41) is 0. The van der Waals surface area contributed by atoms with Crippen molar-refractivity contribution in [2.45, 2.75) is 32.3 Å². The smallest absolute Gasteiger partial charge is 0.312 e. The van der Waals surface area contributed by atoms with Crippen molar-refractivity contribution in [2.24, 2.45) is 5.92 Å². The lowest BCUT2D eigenvalue weighted by Crippen LogP contribution is -2.39. The summed E-state index contributed by atoms with van der Waals surface area (Å²) in [4.78, 5) is 40.4. The van der Waals surface area contributed by atoms with Crippen molar-refractivity contribution in [1.82, 2.24) is 4.90 Å². The molecule has 7 heteroatoms. The van der Waals surface area contributed by atoms with E-state index in [1.807, 2.05) is 12.1 Å². The van der Waals surface area contributed by atoms with Crippen molar-refractivity contribution < 1.29 is 23.9 Å². The van der Waals surface area contributed by atoms with E-state index in [-0.39, 0.29) is 24.8 Å². The van der Waals surface area contributed by atoms with E-state index in [0.29, 0.717) is 24.5 Å². The fourth-order valence-electron chi connectivity index (χ4n) is 3.47. The lowest BCUT2D eigenvalue weighted by molar-refractivity contribution is -0.161. The summed E-state index contributed by atoms with van der Waals surface area (Å²) < 4.78 is 10.7. The molecule has 2 saturated heterocycles. The zero-order chi connectivity index (χ0) is 18.7. The van der Waals surface area contributed by atoms with Crippen LogP contribution in [0, 0.1) is 5.92 Å². The maximum atomic E-state index is 12.4. The number of likely N-dealkylation sites (tertiary alicyclic amines) is 1. The molecule has 2 atom stereocenters. The topological polar surface area (TPSA) is 76.2 Å². The molecule has 1 aromatic carbocycles. The van der Waals surface area contributed by atoms with Crippen LogP contribution in [0.15, 0.2) is 24.3 Å². The summed E-state index contributed by atoms with van der Waals surface area (Å²) in [5.74, 6) is -0.832. The SMILES string of the molecule is COc1ccccc1N1CC(C(=O)OC(C)C(=O)N2CCCC2)CC1=O. The van der Waals surface area contributed by atoms with E-state index in [0.717, 1.165) is 12.8 Å². The number of ether oxygens (including phenoxy) is 2. The zero-order valence-corrected chi connectivity index (χ0v) is 15.1. The first kappa shape index (κ1) is 18.2. The molecule has 0 aliphatic carbocycles. The van der Waals surface area contributed by atoms with Crippen molar-refractivity contribution in [2.75, 3.05) is 31.6 Å². The highest BCUT2D eigenvalue weighted by atomic mass is 16.5. The van der Waals surface area contributed by atoms with Crippen LogP contribution in [0.5, 0.6) is 5.75 Å². The molecule has 7 nitrogen and oxygen atoms in total. The number of carbonyl (C=O) groups is 3. The monoisotopic (exact) mass is 360 g/mol. The molecule has 2 amide bonds. The Hall–Kier alpha value is -2.57. The second-order valence-electron chi connectivity index (χ2n) is 6.69. The molecule has 2 fully saturated rings. The third-order valence-corrected chi connectivity index (χ3v) is 4.89. The zero-order valence-electron chi connectivity index (χ0n) is 15.1. The molecule has 3 rings (SSSR count). The molecule has 0 N–H and O–H groups in total. The van der Waals surface area contributed by atoms with Crippen molar-refractivity contribution in [3.05, 3.63) is 24.3 Å². The van der Waals surface area contributed by atoms with E-state index >= 15 is 0 Å². The quantitative estimate of drug-likeness (QED) is 0.746. The third-order valence-electron chi connectivity index (χ3n) is 4.89.